The molecule has 0 radical (unpaired) electrons. The van der Waals surface area contributed by atoms with Crippen LogP contribution in [0.5, 0.6) is 0 Å². The second-order valence-corrected chi connectivity index (χ2v) is 5.79. The van der Waals surface area contributed by atoms with Gasteiger partial charge in [-0.25, -0.2) is 4.68 Å². The smallest absolute Gasteiger partial charge is 0.272 e. The van der Waals surface area contributed by atoms with Crippen molar-refractivity contribution < 1.29 is 14.3 Å². The van der Waals surface area contributed by atoms with Crippen molar-refractivity contribution in [2.24, 2.45) is 7.05 Å². The molecule has 1 saturated heterocycles. The Morgan fingerprint density at radius 3 is 3.05 bits per heavy atom. The third kappa shape index (κ3) is 2.44. The van der Waals surface area contributed by atoms with Crippen LogP contribution in [0.4, 0.5) is 0 Å². The highest BCUT2D eigenvalue weighted by Gasteiger charge is 2.59. The summed E-state index contributed by atoms with van der Waals surface area (Å²) >= 11 is 0. The van der Waals surface area contributed by atoms with Crippen molar-refractivity contribution in [1.82, 2.24) is 15.1 Å². The maximum Gasteiger partial charge on any atom is 0.272 e. The molecular weight excluding hydrogens is 286 g/mol. The van der Waals surface area contributed by atoms with Gasteiger partial charge in [0.1, 0.15) is 11.3 Å². The van der Waals surface area contributed by atoms with Gasteiger partial charge in [-0.15, -0.1) is 0 Å². The Hall–Kier alpha value is -1.73. The molecule has 2 aliphatic rings. The first-order valence-corrected chi connectivity index (χ1v) is 7.67. The van der Waals surface area contributed by atoms with Crippen LogP contribution in [0, 0.1) is 0 Å². The molecule has 1 aliphatic heterocycles. The Balaban J connectivity index is 1.71. The van der Waals surface area contributed by atoms with Gasteiger partial charge in [0.05, 0.1) is 12.1 Å². The fourth-order valence-corrected chi connectivity index (χ4v) is 3.34. The third-order valence-corrected chi connectivity index (χ3v) is 4.53. The lowest BCUT2D eigenvalue weighted by atomic mass is 9.70. The van der Waals surface area contributed by atoms with Gasteiger partial charge in [-0.3, -0.25) is 9.59 Å². The summed E-state index contributed by atoms with van der Waals surface area (Å²) < 4.78 is 12.8. The molecule has 120 valence electrons. The van der Waals surface area contributed by atoms with E-state index in [4.69, 9.17) is 9.47 Å². The number of ether oxygens (including phenoxy) is 2. The zero-order valence-electron chi connectivity index (χ0n) is 12.9. The molecule has 3 atom stereocenters. The van der Waals surface area contributed by atoms with Crippen molar-refractivity contribution >= 4 is 5.91 Å². The summed E-state index contributed by atoms with van der Waals surface area (Å²) in [5.74, 6) is -0.287. The summed E-state index contributed by atoms with van der Waals surface area (Å²) in [4.78, 5) is 23.7. The normalized spacial score (nSPS) is 30.3. The molecule has 0 bridgehead atoms. The first kappa shape index (κ1) is 15.2. The lowest BCUT2D eigenvalue weighted by Crippen LogP contribution is -2.69. The van der Waals surface area contributed by atoms with Crippen LogP contribution in [0.25, 0.3) is 0 Å². The van der Waals surface area contributed by atoms with E-state index in [0.29, 0.717) is 13.2 Å². The average Bonchev–Trinajstić information content (AvgIpc) is 3.01. The van der Waals surface area contributed by atoms with Gasteiger partial charge in [0.2, 0.25) is 0 Å². The lowest BCUT2D eigenvalue weighted by Gasteiger charge is -2.52. The Labute approximate surface area is 128 Å². The molecular formula is C15H21N3O4. The highest BCUT2D eigenvalue weighted by molar-refractivity contribution is 5.92. The van der Waals surface area contributed by atoms with E-state index in [1.54, 1.807) is 0 Å². The van der Waals surface area contributed by atoms with Crippen molar-refractivity contribution in [1.29, 1.82) is 0 Å². The minimum atomic E-state index is -0.396. The number of carbonyl (C=O) groups excluding carboxylic acids is 1. The number of rotatable bonds is 4. The predicted octanol–water partition coefficient (Wildman–Crippen LogP) is 0.237. The molecule has 1 amide bonds. The molecule has 3 rings (SSSR count). The number of amides is 1. The molecule has 22 heavy (non-hydrogen) atoms. The number of aromatic nitrogens is 2. The highest BCUT2D eigenvalue weighted by Crippen LogP contribution is 2.45. The Morgan fingerprint density at radius 1 is 1.59 bits per heavy atom. The predicted molar refractivity (Wildman–Crippen MR) is 78.7 cm³/mol. The van der Waals surface area contributed by atoms with Gasteiger partial charge < -0.3 is 14.8 Å². The van der Waals surface area contributed by atoms with E-state index in [9.17, 15) is 9.59 Å². The quantitative estimate of drug-likeness (QED) is 0.861. The van der Waals surface area contributed by atoms with Gasteiger partial charge in [0.25, 0.3) is 11.5 Å². The molecule has 1 aromatic heterocycles. The maximum absolute atomic E-state index is 12.3. The molecule has 7 heteroatoms. The molecule has 1 saturated carbocycles. The van der Waals surface area contributed by atoms with E-state index in [-0.39, 0.29) is 29.3 Å². The van der Waals surface area contributed by atoms with Crippen LogP contribution in [-0.4, -0.2) is 46.6 Å². The Bertz CT molecular complexity index is 621. The van der Waals surface area contributed by atoms with Crippen molar-refractivity contribution in [3.05, 3.63) is 28.2 Å². The van der Waals surface area contributed by atoms with Crippen LogP contribution in [-0.2, 0) is 16.5 Å². The third-order valence-electron chi connectivity index (χ3n) is 4.53. The largest absolute Gasteiger partial charge is 0.375 e. The molecule has 2 fully saturated rings. The zero-order chi connectivity index (χ0) is 15.7. The second-order valence-electron chi connectivity index (χ2n) is 5.79. The van der Waals surface area contributed by atoms with Crippen molar-refractivity contribution in [3.63, 3.8) is 0 Å². The maximum atomic E-state index is 12.3. The molecule has 1 spiro atoms. The van der Waals surface area contributed by atoms with Crippen LogP contribution in [0.2, 0.25) is 0 Å². The zero-order valence-corrected chi connectivity index (χ0v) is 12.9. The minimum absolute atomic E-state index is 0.0402. The van der Waals surface area contributed by atoms with Crippen molar-refractivity contribution in [3.8, 4) is 0 Å². The topological polar surface area (TPSA) is 82.5 Å². The van der Waals surface area contributed by atoms with Crippen LogP contribution in [0.15, 0.2) is 16.9 Å². The van der Waals surface area contributed by atoms with Crippen LogP contribution < -0.4 is 10.9 Å². The molecule has 1 N–H and O–H groups in total. The first-order valence-electron chi connectivity index (χ1n) is 7.67. The number of aryl methyl sites for hydroxylation is 1. The molecule has 7 nitrogen and oxygen atoms in total. The summed E-state index contributed by atoms with van der Waals surface area (Å²) in [6.45, 7) is 3.30. The van der Waals surface area contributed by atoms with Gasteiger partial charge in [0, 0.05) is 26.3 Å². The number of nitrogens with zero attached hydrogens (tertiary/aromatic N) is 2. The molecule has 1 aromatic rings. The van der Waals surface area contributed by atoms with Gasteiger partial charge in [0.15, 0.2) is 0 Å². The van der Waals surface area contributed by atoms with Gasteiger partial charge in [-0.05, 0) is 32.3 Å². The average molecular weight is 307 g/mol. The van der Waals surface area contributed by atoms with Gasteiger partial charge >= 0.3 is 0 Å². The van der Waals surface area contributed by atoms with Crippen molar-refractivity contribution in [2.45, 2.75) is 43.9 Å². The molecule has 0 aromatic carbocycles. The van der Waals surface area contributed by atoms with Crippen LogP contribution in [0.3, 0.4) is 0 Å². The molecule has 2 heterocycles. The van der Waals surface area contributed by atoms with Gasteiger partial charge in [-0.2, -0.15) is 5.10 Å². The Kier molecular flexibility index (Phi) is 4.01. The number of hydrogen-bond acceptors (Lipinski definition) is 5. The second kappa shape index (κ2) is 5.81. The summed E-state index contributed by atoms with van der Waals surface area (Å²) in [5.41, 5.74) is -0.408. The van der Waals surface area contributed by atoms with Crippen LogP contribution in [0.1, 0.15) is 36.7 Å². The number of hydrogen-bond donors (Lipinski definition) is 1. The highest BCUT2D eigenvalue weighted by atomic mass is 16.6. The number of carbonyl (C=O) groups is 1. The van der Waals surface area contributed by atoms with E-state index >= 15 is 0 Å². The van der Waals surface area contributed by atoms with E-state index < -0.39 is 5.60 Å². The molecule has 0 unspecified atom stereocenters. The summed E-state index contributed by atoms with van der Waals surface area (Å²) in [5, 5.41) is 6.95. The van der Waals surface area contributed by atoms with E-state index in [2.05, 4.69) is 10.4 Å². The van der Waals surface area contributed by atoms with Gasteiger partial charge in [-0.1, -0.05) is 0 Å². The van der Waals surface area contributed by atoms with E-state index in [1.807, 2.05) is 6.92 Å². The number of nitrogens with one attached hydrogen (secondary N) is 1. The lowest BCUT2D eigenvalue weighted by molar-refractivity contribution is -0.194. The monoisotopic (exact) mass is 307 g/mol. The fraction of sp³-hybridized carbons (Fsp3) is 0.667. The van der Waals surface area contributed by atoms with E-state index in [1.165, 1.54) is 19.2 Å². The first-order chi connectivity index (χ1) is 10.6. The van der Waals surface area contributed by atoms with E-state index in [0.717, 1.165) is 23.9 Å². The van der Waals surface area contributed by atoms with Crippen LogP contribution >= 0.6 is 0 Å². The summed E-state index contributed by atoms with van der Waals surface area (Å²) in [6.07, 6.45) is 2.65. The standard InChI is InChI=1S/C15H21N3O4/c1-3-21-12-9-11(15(12)7-4-8-22-15)16-14(20)10-5-6-13(19)18(2)17-10/h5-6,11-12H,3-4,7-9H2,1-2H3,(H,16,20)/t11-,12-,15-/m1/s1. The summed E-state index contributed by atoms with van der Waals surface area (Å²) in [6, 6.07) is 2.71. The van der Waals surface area contributed by atoms with Crippen molar-refractivity contribution in [2.75, 3.05) is 13.2 Å². The summed E-state index contributed by atoms with van der Waals surface area (Å²) in [7, 11) is 1.52. The fourth-order valence-electron chi connectivity index (χ4n) is 3.34. The Morgan fingerprint density at radius 2 is 2.41 bits per heavy atom. The SMILES string of the molecule is CCO[C@@H]1C[C@@H](NC(=O)c2ccc(=O)n(C)n2)[C@]12CCCO2. The molecule has 1 aliphatic carbocycles. The minimum Gasteiger partial charge on any atom is -0.375 e.